The highest BCUT2D eigenvalue weighted by Crippen LogP contribution is 2.25. The van der Waals surface area contributed by atoms with E-state index in [4.69, 9.17) is 5.26 Å². The molecular weight excluding hydrogens is 252 g/mol. The molecule has 0 radical (unpaired) electrons. The van der Waals surface area contributed by atoms with Gasteiger partial charge < -0.3 is 4.90 Å². The number of hydrogen-bond donors (Lipinski definition) is 0. The monoisotopic (exact) mass is 266 g/mol. The molecule has 0 fully saturated rings. The zero-order valence-corrected chi connectivity index (χ0v) is 10.9. The first-order chi connectivity index (χ1) is 7.10. The molecule has 0 aliphatic carbocycles. The third kappa shape index (κ3) is 2.73. The average Bonchev–Trinajstić information content (AvgIpc) is 2.27. The van der Waals surface area contributed by atoms with Gasteiger partial charge in [0, 0.05) is 17.6 Å². The highest BCUT2D eigenvalue weighted by molar-refractivity contribution is 9.10. The van der Waals surface area contributed by atoms with E-state index in [0.29, 0.717) is 6.04 Å². The van der Waals surface area contributed by atoms with E-state index in [-0.39, 0.29) is 0 Å². The van der Waals surface area contributed by atoms with Crippen LogP contribution in [0.5, 0.6) is 0 Å². The first kappa shape index (κ1) is 12.1. The Hall–Kier alpha value is -1.01. The van der Waals surface area contributed by atoms with Gasteiger partial charge in [-0.1, -0.05) is 22.9 Å². The maximum atomic E-state index is 9.02. The minimum absolute atomic E-state index is 0.436. The molecule has 0 heterocycles. The average molecular weight is 267 g/mol. The summed E-state index contributed by atoms with van der Waals surface area (Å²) in [5.41, 5.74) is 1.71. The number of rotatable bonds is 3. The van der Waals surface area contributed by atoms with Crippen LogP contribution in [0.2, 0.25) is 0 Å². The molecule has 1 aromatic rings. The van der Waals surface area contributed by atoms with Crippen molar-refractivity contribution in [1.82, 2.24) is 0 Å². The van der Waals surface area contributed by atoms with Crippen molar-refractivity contribution in [1.29, 1.82) is 5.26 Å². The fourth-order valence-electron chi connectivity index (χ4n) is 1.40. The Balaban J connectivity index is 3.12. The van der Waals surface area contributed by atoms with Crippen LogP contribution >= 0.6 is 15.9 Å². The van der Waals surface area contributed by atoms with Gasteiger partial charge in [0.2, 0.25) is 0 Å². The summed E-state index contributed by atoms with van der Waals surface area (Å²) in [6.45, 7) is 4.30. The van der Waals surface area contributed by atoms with Crippen LogP contribution in [0.25, 0.3) is 0 Å². The summed E-state index contributed by atoms with van der Waals surface area (Å²) in [6.07, 6.45) is 1.06. The quantitative estimate of drug-likeness (QED) is 0.837. The van der Waals surface area contributed by atoms with Gasteiger partial charge in [-0.15, -0.1) is 0 Å². The predicted octanol–water partition coefficient (Wildman–Crippen LogP) is 3.56. The van der Waals surface area contributed by atoms with Crippen molar-refractivity contribution in [3.05, 3.63) is 28.2 Å². The molecule has 0 N–H and O–H groups in total. The van der Waals surface area contributed by atoms with Gasteiger partial charge in [-0.25, -0.2) is 0 Å². The number of nitrogens with zero attached hydrogens (tertiary/aromatic N) is 2. The summed E-state index contributed by atoms with van der Waals surface area (Å²) in [7, 11) is 2.02. The summed E-state index contributed by atoms with van der Waals surface area (Å²) in [4.78, 5) is 2.14. The molecule has 1 unspecified atom stereocenters. The molecule has 0 aliphatic rings. The lowest BCUT2D eigenvalue weighted by atomic mass is 10.1. The molecule has 0 aliphatic heterocycles. The second-order valence-electron chi connectivity index (χ2n) is 3.64. The summed E-state index contributed by atoms with van der Waals surface area (Å²) in [5, 5.41) is 9.02. The van der Waals surface area contributed by atoms with Crippen LogP contribution in [0, 0.1) is 11.3 Å². The number of nitriles is 1. The van der Waals surface area contributed by atoms with Crippen molar-refractivity contribution in [2.45, 2.75) is 26.3 Å². The summed E-state index contributed by atoms with van der Waals surface area (Å²) >= 11 is 3.43. The van der Waals surface area contributed by atoms with Crippen LogP contribution in [0.15, 0.2) is 22.7 Å². The molecular formula is C12H15BrN2. The van der Waals surface area contributed by atoms with Crippen molar-refractivity contribution in [2.75, 3.05) is 11.9 Å². The lowest BCUT2D eigenvalue weighted by Gasteiger charge is -2.27. The van der Waals surface area contributed by atoms with Crippen molar-refractivity contribution in [2.24, 2.45) is 0 Å². The van der Waals surface area contributed by atoms with E-state index in [9.17, 15) is 0 Å². The van der Waals surface area contributed by atoms with Crippen molar-refractivity contribution < 1.29 is 0 Å². The molecule has 1 rings (SSSR count). The zero-order chi connectivity index (χ0) is 11.4. The Morgan fingerprint density at radius 2 is 2.20 bits per heavy atom. The number of halogens is 1. The molecule has 3 heteroatoms. The Labute approximate surface area is 99.6 Å². The summed E-state index contributed by atoms with van der Waals surface area (Å²) in [6, 6.07) is 8.39. The van der Waals surface area contributed by atoms with Gasteiger partial charge in [-0.05, 0) is 31.5 Å². The van der Waals surface area contributed by atoms with Crippen molar-refractivity contribution in [3.8, 4) is 6.07 Å². The normalized spacial score (nSPS) is 11.9. The highest BCUT2D eigenvalue weighted by Gasteiger charge is 2.12. The Bertz CT molecular complexity index is 382. The van der Waals surface area contributed by atoms with E-state index in [1.165, 1.54) is 0 Å². The molecule has 1 atom stereocenters. The van der Waals surface area contributed by atoms with Crippen molar-refractivity contribution in [3.63, 3.8) is 0 Å². The molecule has 2 nitrogen and oxygen atoms in total. The Morgan fingerprint density at radius 3 is 2.73 bits per heavy atom. The number of hydrogen-bond acceptors (Lipinski definition) is 2. The molecule has 0 amide bonds. The lowest BCUT2D eigenvalue weighted by molar-refractivity contribution is 0.663. The van der Waals surface area contributed by atoms with Crippen LogP contribution < -0.4 is 4.90 Å². The fourth-order valence-corrected chi connectivity index (χ4v) is 1.75. The Kier molecular flexibility index (Phi) is 4.16. The third-order valence-corrected chi connectivity index (χ3v) is 3.21. The van der Waals surface area contributed by atoms with E-state index in [1.54, 1.807) is 0 Å². The minimum atomic E-state index is 0.436. The van der Waals surface area contributed by atoms with Crippen LogP contribution in [0.1, 0.15) is 25.8 Å². The van der Waals surface area contributed by atoms with Gasteiger partial charge >= 0.3 is 0 Å². The van der Waals surface area contributed by atoms with E-state index >= 15 is 0 Å². The van der Waals surface area contributed by atoms with E-state index in [2.05, 4.69) is 40.7 Å². The van der Waals surface area contributed by atoms with Gasteiger partial charge in [0.05, 0.1) is 11.3 Å². The van der Waals surface area contributed by atoms with Crippen LogP contribution in [0.4, 0.5) is 5.69 Å². The van der Waals surface area contributed by atoms with E-state index in [1.807, 2.05) is 25.2 Å². The first-order valence-corrected chi connectivity index (χ1v) is 5.82. The molecule has 80 valence electrons. The summed E-state index contributed by atoms with van der Waals surface area (Å²) < 4.78 is 1.01. The molecule has 0 aromatic heterocycles. The van der Waals surface area contributed by atoms with Crippen LogP contribution in [-0.2, 0) is 0 Å². The van der Waals surface area contributed by atoms with Crippen LogP contribution in [-0.4, -0.2) is 13.1 Å². The zero-order valence-electron chi connectivity index (χ0n) is 9.29. The molecule has 0 saturated heterocycles. The van der Waals surface area contributed by atoms with Gasteiger partial charge in [-0.3, -0.25) is 0 Å². The molecule has 0 bridgehead atoms. The van der Waals surface area contributed by atoms with Gasteiger partial charge in [0.25, 0.3) is 0 Å². The number of anilines is 1. The highest BCUT2D eigenvalue weighted by atomic mass is 79.9. The number of benzene rings is 1. The van der Waals surface area contributed by atoms with Crippen molar-refractivity contribution >= 4 is 21.6 Å². The topological polar surface area (TPSA) is 27.0 Å². The van der Waals surface area contributed by atoms with Gasteiger partial charge in [0.15, 0.2) is 0 Å². The molecule has 0 spiro atoms. The maximum Gasteiger partial charge on any atom is 0.101 e. The SMILES string of the molecule is CCC(C)N(C)c1cc(Br)ccc1C#N. The molecule has 15 heavy (non-hydrogen) atoms. The Morgan fingerprint density at radius 1 is 1.53 bits per heavy atom. The molecule has 0 saturated carbocycles. The first-order valence-electron chi connectivity index (χ1n) is 5.02. The smallest absolute Gasteiger partial charge is 0.101 e. The second kappa shape index (κ2) is 5.18. The van der Waals surface area contributed by atoms with Crippen LogP contribution in [0.3, 0.4) is 0 Å². The summed E-state index contributed by atoms with van der Waals surface area (Å²) in [5.74, 6) is 0. The third-order valence-electron chi connectivity index (χ3n) is 2.71. The van der Waals surface area contributed by atoms with Gasteiger partial charge in [0.1, 0.15) is 6.07 Å². The second-order valence-corrected chi connectivity index (χ2v) is 4.56. The van der Waals surface area contributed by atoms with Gasteiger partial charge in [-0.2, -0.15) is 5.26 Å². The minimum Gasteiger partial charge on any atom is -0.371 e. The molecule has 1 aromatic carbocycles. The standard InChI is InChI=1S/C12H15BrN2/c1-4-9(2)15(3)12-7-11(13)6-5-10(12)8-14/h5-7,9H,4H2,1-3H3. The lowest BCUT2D eigenvalue weighted by Crippen LogP contribution is -2.28. The predicted molar refractivity (Wildman–Crippen MR) is 67.0 cm³/mol. The maximum absolute atomic E-state index is 9.02. The van der Waals surface area contributed by atoms with E-state index in [0.717, 1.165) is 22.1 Å². The fraction of sp³-hybridized carbons (Fsp3) is 0.417. The van der Waals surface area contributed by atoms with E-state index < -0.39 is 0 Å². The largest absolute Gasteiger partial charge is 0.371 e.